The number of fused-ring (bicyclic) bond motifs is 2. The minimum Gasteiger partial charge on any atom is -0.488 e. The van der Waals surface area contributed by atoms with Gasteiger partial charge in [0.15, 0.2) is 0 Å². The van der Waals surface area contributed by atoms with Crippen molar-refractivity contribution in [3.63, 3.8) is 0 Å². The molecular weight excluding hydrogens is 320 g/mol. The van der Waals surface area contributed by atoms with E-state index < -0.39 is 11.4 Å². The number of para-hydroxylation sites is 1. The summed E-state index contributed by atoms with van der Waals surface area (Å²) in [4.78, 5) is 26.0. The van der Waals surface area contributed by atoms with Crippen LogP contribution in [0.1, 0.15) is 24.8 Å². The van der Waals surface area contributed by atoms with E-state index in [1.807, 2.05) is 29.2 Å². The van der Waals surface area contributed by atoms with Gasteiger partial charge in [0, 0.05) is 19.5 Å². The fourth-order valence-corrected chi connectivity index (χ4v) is 4.72. The van der Waals surface area contributed by atoms with Crippen LogP contribution in [0.15, 0.2) is 24.3 Å². The molecule has 1 aromatic carbocycles. The second-order valence-corrected chi connectivity index (χ2v) is 7.58. The second kappa shape index (κ2) is 6.33. The summed E-state index contributed by atoms with van der Waals surface area (Å²) in [7, 11) is 0. The minimum atomic E-state index is -0.699. The van der Waals surface area contributed by atoms with Crippen LogP contribution in [0.2, 0.25) is 0 Å². The van der Waals surface area contributed by atoms with E-state index in [2.05, 4.69) is 5.32 Å². The molecule has 4 rings (SSSR count). The number of rotatable bonds is 5. The maximum absolute atomic E-state index is 12.3. The molecule has 6 heteroatoms. The number of carboxylic acids is 1. The zero-order valence-electron chi connectivity index (χ0n) is 14.2. The number of likely N-dealkylation sites (tertiary alicyclic amines) is 1. The van der Waals surface area contributed by atoms with Gasteiger partial charge in [-0.3, -0.25) is 14.5 Å². The lowest BCUT2D eigenvalue weighted by Crippen LogP contribution is -2.42. The Labute approximate surface area is 147 Å². The van der Waals surface area contributed by atoms with Gasteiger partial charge in [0.1, 0.15) is 11.9 Å². The van der Waals surface area contributed by atoms with Gasteiger partial charge in [0.05, 0.1) is 18.5 Å². The third-order valence-electron chi connectivity index (χ3n) is 5.98. The van der Waals surface area contributed by atoms with Crippen molar-refractivity contribution in [2.75, 3.05) is 26.2 Å². The van der Waals surface area contributed by atoms with Crippen LogP contribution in [0.3, 0.4) is 0 Å². The predicted molar refractivity (Wildman–Crippen MR) is 91.4 cm³/mol. The summed E-state index contributed by atoms with van der Waals surface area (Å²) in [5.74, 6) is 0.332. The minimum absolute atomic E-state index is 0.0235. The largest absolute Gasteiger partial charge is 0.488 e. The summed E-state index contributed by atoms with van der Waals surface area (Å²) in [6.45, 7) is 1.96. The number of benzene rings is 1. The molecule has 25 heavy (non-hydrogen) atoms. The Morgan fingerprint density at radius 3 is 2.96 bits per heavy atom. The highest BCUT2D eigenvalue weighted by Crippen LogP contribution is 2.48. The van der Waals surface area contributed by atoms with Gasteiger partial charge in [-0.25, -0.2) is 0 Å². The first-order valence-corrected chi connectivity index (χ1v) is 9.04. The SMILES string of the molecule is O=C(CN1C[C@@H]2CCC[C@@]2(C(=O)O)C1)NCC1Cc2ccccc2O1. The summed E-state index contributed by atoms with van der Waals surface area (Å²) in [6.07, 6.45) is 3.46. The van der Waals surface area contributed by atoms with Crippen molar-refractivity contribution in [1.29, 1.82) is 0 Å². The van der Waals surface area contributed by atoms with Crippen LogP contribution in [0.5, 0.6) is 5.75 Å². The maximum atomic E-state index is 12.3. The van der Waals surface area contributed by atoms with Crippen molar-refractivity contribution in [1.82, 2.24) is 10.2 Å². The van der Waals surface area contributed by atoms with E-state index in [4.69, 9.17) is 4.74 Å². The van der Waals surface area contributed by atoms with Crippen molar-refractivity contribution in [3.8, 4) is 5.75 Å². The van der Waals surface area contributed by atoms with E-state index >= 15 is 0 Å². The fraction of sp³-hybridized carbons (Fsp3) is 0.579. The smallest absolute Gasteiger partial charge is 0.311 e. The Balaban J connectivity index is 1.26. The lowest BCUT2D eigenvalue weighted by molar-refractivity contribution is -0.149. The molecule has 0 spiro atoms. The Bertz CT molecular complexity index is 667. The molecule has 134 valence electrons. The van der Waals surface area contributed by atoms with E-state index in [0.717, 1.165) is 31.4 Å². The highest BCUT2D eigenvalue weighted by Gasteiger charge is 2.54. The highest BCUT2D eigenvalue weighted by atomic mass is 16.5. The first kappa shape index (κ1) is 16.4. The summed E-state index contributed by atoms with van der Waals surface area (Å²) in [5, 5.41) is 12.6. The van der Waals surface area contributed by atoms with Gasteiger partial charge >= 0.3 is 5.97 Å². The number of ether oxygens (including phenoxy) is 1. The predicted octanol–water partition coefficient (Wildman–Crippen LogP) is 1.29. The lowest BCUT2D eigenvalue weighted by Gasteiger charge is -2.23. The van der Waals surface area contributed by atoms with Crippen LogP contribution in [-0.4, -0.2) is 54.2 Å². The molecule has 0 aromatic heterocycles. The number of carbonyl (C=O) groups is 2. The number of nitrogens with one attached hydrogen (secondary N) is 1. The van der Waals surface area contributed by atoms with Crippen LogP contribution in [0, 0.1) is 11.3 Å². The quantitative estimate of drug-likeness (QED) is 0.842. The summed E-state index contributed by atoms with van der Waals surface area (Å²) in [5.41, 5.74) is 0.550. The molecule has 3 atom stereocenters. The average Bonchev–Trinajstić information content (AvgIpc) is 3.24. The fourth-order valence-electron chi connectivity index (χ4n) is 4.72. The molecule has 1 saturated heterocycles. The molecule has 1 saturated carbocycles. The van der Waals surface area contributed by atoms with Crippen LogP contribution in [-0.2, 0) is 16.0 Å². The van der Waals surface area contributed by atoms with E-state index in [9.17, 15) is 14.7 Å². The van der Waals surface area contributed by atoms with Gasteiger partial charge in [-0.2, -0.15) is 0 Å². The normalized spacial score (nSPS) is 30.6. The molecular formula is C19H24N2O4. The summed E-state index contributed by atoms with van der Waals surface area (Å²) < 4.78 is 5.83. The molecule has 2 fully saturated rings. The van der Waals surface area contributed by atoms with Crippen molar-refractivity contribution in [2.45, 2.75) is 31.8 Å². The van der Waals surface area contributed by atoms with E-state index in [0.29, 0.717) is 19.6 Å². The van der Waals surface area contributed by atoms with Crippen LogP contribution >= 0.6 is 0 Å². The first-order valence-electron chi connectivity index (χ1n) is 9.04. The van der Waals surface area contributed by atoms with Gasteiger partial charge in [-0.05, 0) is 30.4 Å². The third-order valence-corrected chi connectivity index (χ3v) is 5.98. The van der Waals surface area contributed by atoms with Gasteiger partial charge in [0.25, 0.3) is 0 Å². The number of hydrogen-bond donors (Lipinski definition) is 2. The van der Waals surface area contributed by atoms with Crippen molar-refractivity contribution in [3.05, 3.63) is 29.8 Å². The Hall–Kier alpha value is -2.08. The van der Waals surface area contributed by atoms with Gasteiger partial charge < -0.3 is 15.2 Å². The van der Waals surface area contributed by atoms with Crippen molar-refractivity contribution in [2.24, 2.45) is 11.3 Å². The molecule has 1 amide bonds. The first-order chi connectivity index (χ1) is 12.1. The Morgan fingerprint density at radius 2 is 2.20 bits per heavy atom. The van der Waals surface area contributed by atoms with E-state index in [-0.39, 0.29) is 24.5 Å². The molecule has 6 nitrogen and oxygen atoms in total. The molecule has 2 heterocycles. The number of aliphatic carboxylic acids is 1. The molecule has 2 aliphatic heterocycles. The Morgan fingerprint density at radius 1 is 1.36 bits per heavy atom. The maximum Gasteiger partial charge on any atom is 0.311 e. The lowest BCUT2D eigenvalue weighted by atomic mass is 9.81. The molecule has 3 aliphatic rings. The number of carbonyl (C=O) groups excluding carboxylic acids is 1. The van der Waals surface area contributed by atoms with E-state index in [1.54, 1.807) is 0 Å². The molecule has 1 unspecified atom stereocenters. The van der Waals surface area contributed by atoms with Gasteiger partial charge in [0.2, 0.25) is 5.91 Å². The number of carboxylic acid groups (broad SMARTS) is 1. The van der Waals surface area contributed by atoms with Crippen molar-refractivity contribution < 1.29 is 19.4 Å². The van der Waals surface area contributed by atoms with Crippen LogP contribution in [0.4, 0.5) is 0 Å². The number of hydrogen-bond acceptors (Lipinski definition) is 4. The molecule has 1 aliphatic carbocycles. The number of nitrogens with zero attached hydrogens (tertiary/aromatic N) is 1. The number of amides is 1. The monoisotopic (exact) mass is 344 g/mol. The standard InChI is InChI=1S/C19H24N2O4/c22-17(20-9-15-8-13-4-1-2-6-16(13)25-15)11-21-10-14-5-3-7-19(14,12-21)18(23)24/h1-2,4,6,14-15H,3,5,7-12H2,(H,20,22)(H,23,24)/t14-,15?,19+/m0/s1. The van der Waals surface area contributed by atoms with Gasteiger partial charge in [-0.1, -0.05) is 24.6 Å². The second-order valence-electron chi connectivity index (χ2n) is 7.58. The van der Waals surface area contributed by atoms with Crippen LogP contribution in [0.25, 0.3) is 0 Å². The topological polar surface area (TPSA) is 78.9 Å². The van der Waals surface area contributed by atoms with E-state index in [1.165, 1.54) is 5.56 Å². The van der Waals surface area contributed by atoms with Crippen molar-refractivity contribution >= 4 is 11.9 Å². The highest BCUT2D eigenvalue weighted by molar-refractivity contribution is 5.79. The Kier molecular flexibility index (Phi) is 4.15. The van der Waals surface area contributed by atoms with Gasteiger partial charge in [-0.15, -0.1) is 0 Å². The average molecular weight is 344 g/mol. The molecule has 2 N–H and O–H groups in total. The molecule has 1 aromatic rings. The third kappa shape index (κ3) is 2.99. The zero-order chi connectivity index (χ0) is 17.4. The van der Waals surface area contributed by atoms with Crippen LogP contribution < -0.4 is 10.1 Å². The summed E-state index contributed by atoms with van der Waals surface area (Å²) >= 11 is 0. The zero-order valence-corrected chi connectivity index (χ0v) is 14.2. The molecule has 0 bridgehead atoms. The molecule has 0 radical (unpaired) electrons. The summed E-state index contributed by atoms with van der Waals surface area (Å²) in [6, 6.07) is 7.94.